The van der Waals surface area contributed by atoms with E-state index < -0.39 is 9.84 Å². The van der Waals surface area contributed by atoms with Crippen molar-refractivity contribution >= 4 is 25.8 Å². The van der Waals surface area contributed by atoms with Gasteiger partial charge in [0.05, 0.1) is 5.75 Å². The maximum Gasteiger partial charge on any atom is 0.150 e. The molecule has 0 atom stereocenters. The van der Waals surface area contributed by atoms with E-state index in [9.17, 15) is 8.42 Å². The Bertz CT molecular complexity index is 412. The first-order valence-electron chi connectivity index (χ1n) is 4.99. The van der Waals surface area contributed by atoms with Crippen molar-refractivity contribution in [2.24, 2.45) is 0 Å². The summed E-state index contributed by atoms with van der Waals surface area (Å²) < 4.78 is 23.6. The molecule has 0 aliphatic rings. The molecule has 0 bridgehead atoms. The standard InChI is InChI=1S/C11H15BrO2S/c1-2-15(13,14)9-5-7-10-6-3-4-8-11(10)12/h3-4,6,8H,2,5,7,9H2,1H3. The van der Waals surface area contributed by atoms with Gasteiger partial charge in [-0.1, -0.05) is 41.1 Å². The van der Waals surface area contributed by atoms with E-state index in [1.807, 2.05) is 24.3 Å². The largest absolute Gasteiger partial charge is 0.229 e. The van der Waals surface area contributed by atoms with Gasteiger partial charge in [-0.05, 0) is 24.5 Å². The number of halogens is 1. The Morgan fingerprint density at radius 3 is 2.53 bits per heavy atom. The smallest absolute Gasteiger partial charge is 0.150 e. The normalized spacial score (nSPS) is 11.6. The summed E-state index contributed by atoms with van der Waals surface area (Å²) in [6.07, 6.45) is 1.50. The molecule has 0 N–H and O–H groups in total. The number of benzene rings is 1. The van der Waals surface area contributed by atoms with Gasteiger partial charge < -0.3 is 0 Å². The Hall–Kier alpha value is -0.350. The highest BCUT2D eigenvalue weighted by molar-refractivity contribution is 9.10. The van der Waals surface area contributed by atoms with E-state index >= 15 is 0 Å². The second-order valence-electron chi connectivity index (χ2n) is 3.43. The molecule has 0 spiro atoms. The second-order valence-corrected chi connectivity index (χ2v) is 6.76. The molecule has 2 nitrogen and oxygen atoms in total. The van der Waals surface area contributed by atoms with Crippen LogP contribution < -0.4 is 0 Å². The minimum Gasteiger partial charge on any atom is -0.229 e. The van der Waals surface area contributed by atoms with Crippen LogP contribution in [0.3, 0.4) is 0 Å². The van der Waals surface area contributed by atoms with E-state index in [2.05, 4.69) is 15.9 Å². The van der Waals surface area contributed by atoms with Crippen LogP contribution in [0.1, 0.15) is 18.9 Å². The fourth-order valence-corrected chi connectivity index (χ4v) is 2.68. The first-order valence-corrected chi connectivity index (χ1v) is 7.60. The summed E-state index contributed by atoms with van der Waals surface area (Å²) >= 11 is 3.44. The average molecular weight is 291 g/mol. The molecule has 0 radical (unpaired) electrons. The molecule has 0 aromatic heterocycles. The zero-order valence-corrected chi connectivity index (χ0v) is 11.1. The maximum absolute atomic E-state index is 11.3. The third-order valence-corrected chi connectivity index (χ3v) is 4.86. The summed E-state index contributed by atoms with van der Waals surface area (Å²) in [5.74, 6) is 0.522. The molecule has 0 saturated carbocycles. The molecule has 4 heteroatoms. The molecule has 1 aromatic rings. The number of aryl methyl sites for hydroxylation is 1. The van der Waals surface area contributed by atoms with E-state index in [0.29, 0.717) is 6.42 Å². The van der Waals surface area contributed by atoms with Crippen LogP contribution in [0.4, 0.5) is 0 Å². The minimum absolute atomic E-state index is 0.239. The van der Waals surface area contributed by atoms with Crippen LogP contribution in [-0.2, 0) is 16.3 Å². The highest BCUT2D eigenvalue weighted by atomic mass is 79.9. The van der Waals surface area contributed by atoms with Crippen molar-refractivity contribution in [1.29, 1.82) is 0 Å². The van der Waals surface area contributed by atoms with Crippen molar-refractivity contribution in [3.05, 3.63) is 34.3 Å². The van der Waals surface area contributed by atoms with Crippen molar-refractivity contribution in [3.63, 3.8) is 0 Å². The lowest BCUT2D eigenvalue weighted by Crippen LogP contribution is -2.09. The molecule has 15 heavy (non-hydrogen) atoms. The SMILES string of the molecule is CCS(=O)(=O)CCCc1ccccc1Br. The van der Waals surface area contributed by atoms with Gasteiger partial charge in [0.1, 0.15) is 9.84 Å². The quantitative estimate of drug-likeness (QED) is 0.836. The van der Waals surface area contributed by atoms with Crippen LogP contribution in [0.5, 0.6) is 0 Å². The average Bonchev–Trinajstić information content (AvgIpc) is 2.21. The summed E-state index contributed by atoms with van der Waals surface area (Å²) in [4.78, 5) is 0. The number of hydrogen-bond acceptors (Lipinski definition) is 2. The van der Waals surface area contributed by atoms with Crippen molar-refractivity contribution in [3.8, 4) is 0 Å². The van der Waals surface area contributed by atoms with Crippen molar-refractivity contribution in [2.75, 3.05) is 11.5 Å². The third kappa shape index (κ3) is 4.34. The van der Waals surface area contributed by atoms with Gasteiger partial charge in [0.25, 0.3) is 0 Å². The van der Waals surface area contributed by atoms with E-state index in [1.165, 1.54) is 5.56 Å². The van der Waals surface area contributed by atoms with Crippen molar-refractivity contribution in [2.45, 2.75) is 19.8 Å². The summed E-state index contributed by atoms with van der Waals surface area (Å²) in [5, 5.41) is 0. The van der Waals surface area contributed by atoms with Crippen molar-refractivity contribution in [1.82, 2.24) is 0 Å². The van der Waals surface area contributed by atoms with Gasteiger partial charge >= 0.3 is 0 Å². The van der Waals surface area contributed by atoms with E-state index in [4.69, 9.17) is 0 Å². The second kappa shape index (κ2) is 5.66. The Kier molecular flexibility index (Phi) is 4.80. The van der Waals surface area contributed by atoms with Gasteiger partial charge in [-0.15, -0.1) is 0 Å². The molecule has 0 amide bonds. The van der Waals surface area contributed by atoms with E-state index in [0.717, 1.165) is 10.9 Å². The Morgan fingerprint density at radius 2 is 1.93 bits per heavy atom. The highest BCUT2D eigenvalue weighted by Crippen LogP contribution is 2.17. The predicted octanol–water partition coefficient (Wildman–Crippen LogP) is 2.82. The van der Waals surface area contributed by atoms with Crippen LogP contribution in [-0.4, -0.2) is 19.9 Å². The van der Waals surface area contributed by atoms with Gasteiger partial charge in [-0.3, -0.25) is 0 Å². The lowest BCUT2D eigenvalue weighted by Gasteiger charge is -2.04. The molecule has 0 heterocycles. The number of sulfone groups is 1. The molecule has 1 rings (SSSR count). The molecule has 0 saturated heterocycles. The molecule has 0 fully saturated rings. The summed E-state index contributed by atoms with van der Waals surface area (Å²) in [5.41, 5.74) is 1.17. The van der Waals surface area contributed by atoms with Gasteiger partial charge in [0.2, 0.25) is 0 Å². The minimum atomic E-state index is -2.82. The lowest BCUT2D eigenvalue weighted by atomic mass is 10.1. The zero-order valence-electron chi connectivity index (χ0n) is 8.74. The van der Waals surface area contributed by atoms with Gasteiger partial charge in [-0.2, -0.15) is 0 Å². The van der Waals surface area contributed by atoms with E-state index in [1.54, 1.807) is 6.92 Å². The molecule has 1 aromatic carbocycles. The fourth-order valence-electron chi connectivity index (χ4n) is 1.33. The molecule has 0 aliphatic heterocycles. The molecular weight excluding hydrogens is 276 g/mol. The Balaban J connectivity index is 2.49. The molecular formula is C11H15BrO2S. The van der Waals surface area contributed by atoms with Crippen LogP contribution in [0, 0.1) is 0 Å². The summed E-state index contributed by atoms with van der Waals surface area (Å²) in [6, 6.07) is 7.91. The van der Waals surface area contributed by atoms with Crippen LogP contribution in [0.15, 0.2) is 28.7 Å². The van der Waals surface area contributed by atoms with E-state index in [-0.39, 0.29) is 11.5 Å². The third-order valence-electron chi connectivity index (χ3n) is 2.30. The van der Waals surface area contributed by atoms with Gasteiger partial charge in [-0.25, -0.2) is 8.42 Å². The zero-order chi connectivity index (χ0) is 11.3. The molecule has 0 aliphatic carbocycles. The monoisotopic (exact) mass is 290 g/mol. The van der Waals surface area contributed by atoms with Crippen molar-refractivity contribution < 1.29 is 8.42 Å². The maximum atomic E-state index is 11.3. The number of hydrogen-bond donors (Lipinski definition) is 0. The summed E-state index contributed by atoms with van der Waals surface area (Å²) in [6.45, 7) is 1.69. The van der Waals surface area contributed by atoms with Gasteiger partial charge in [0, 0.05) is 10.2 Å². The van der Waals surface area contributed by atoms with Crippen LogP contribution in [0.2, 0.25) is 0 Å². The first-order chi connectivity index (χ1) is 7.05. The fraction of sp³-hybridized carbons (Fsp3) is 0.455. The lowest BCUT2D eigenvalue weighted by molar-refractivity contribution is 0.594. The first kappa shape index (κ1) is 12.7. The Morgan fingerprint density at radius 1 is 1.27 bits per heavy atom. The predicted molar refractivity (Wildman–Crippen MR) is 66.8 cm³/mol. The topological polar surface area (TPSA) is 34.1 Å². The molecule has 0 unspecified atom stereocenters. The molecule has 84 valence electrons. The van der Waals surface area contributed by atoms with Crippen LogP contribution in [0.25, 0.3) is 0 Å². The number of rotatable bonds is 5. The van der Waals surface area contributed by atoms with Crippen LogP contribution >= 0.6 is 15.9 Å². The highest BCUT2D eigenvalue weighted by Gasteiger charge is 2.07. The summed E-state index contributed by atoms with van der Waals surface area (Å²) in [7, 11) is -2.82. The Labute approximate surface area is 99.7 Å². The van der Waals surface area contributed by atoms with Gasteiger partial charge in [0.15, 0.2) is 0 Å².